The molecule has 0 N–H and O–H groups in total. The summed E-state index contributed by atoms with van der Waals surface area (Å²) in [5, 5.41) is 1.82. The summed E-state index contributed by atoms with van der Waals surface area (Å²) in [6.07, 6.45) is 0.741. The molecule has 91 valence electrons. The van der Waals surface area contributed by atoms with E-state index in [2.05, 4.69) is 0 Å². The number of benzene rings is 2. The average Bonchev–Trinajstić information content (AvgIpc) is 2.76. The molecule has 4 heteroatoms. The molecule has 1 aliphatic rings. The fraction of sp³-hybridized carbons (Fsp3) is 0.0714. The maximum atomic E-state index is 6.22. The quantitative estimate of drug-likeness (QED) is 0.684. The first-order valence-electron chi connectivity index (χ1n) is 5.42. The Kier molecular flexibility index (Phi) is 3.14. The summed E-state index contributed by atoms with van der Waals surface area (Å²) >= 11 is 18.6. The van der Waals surface area contributed by atoms with Gasteiger partial charge in [0.25, 0.3) is 0 Å². The number of rotatable bonds is 1. The molecule has 0 unspecified atom stereocenters. The van der Waals surface area contributed by atoms with E-state index in [1.807, 2.05) is 18.2 Å². The van der Waals surface area contributed by atoms with Gasteiger partial charge in [-0.05, 0) is 24.3 Å². The van der Waals surface area contributed by atoms with E-state index in [-0.39, 0.29) is 0 Å². The van der Waals surface area contributed by atoms with E-state index in [0.717, 1.165) is 28.9 Å². The van der Waals surface area contributed by atoms with Gasteiger partial charge in [-0.25, -0.2) is 0 Å². The molecule has 3 rings (SSSR count). The Morgan fingerprint density at radius 2 is 1.72 bits per heavy atom. The van der Waals surface area contributed by atoms with Crippen LogP contribution in [0.3, 0.4) is 0 Å². The Hall–Kier alpha value is -0.890. The summed E-state index contributed by atoms with van der Waals surface area (Å²) < 4.78 is 5.55. The van der Waals surface area contributed by atoms with Crippen molar-refractivity contribution >= 4 is 34.8 Å². The van der Waals surface area contributed by atoms with Gasteiger partial charge in [-0.1, -0.05) is 40.9 Å². The molecule has 2 aromatic carbocycles. The van der Waals surface area contributed by atoms with Crippen LogP contribution in [0, 0.1) is 6.61 Å². The van der Waals surface area contributed by atoms with Crippen molar-refractivity contribution in [1.29, 1.82) is 0 Å². The van der Waals surface area contributed by atoms with Gasteiger partial charge in [0, 0.05) is 28.1 Å². The van der Waals surface area contributed by atoms with Crippen LogP contribution in [0.4, 0.5) is 0 Å². The molecule has 0 fully saturated rings. The minimum absolute atomic E-state index is 0.586. The van der Waals surface area contributed by atoms with E-state index < -0.39 is 0 Å². The smallest absolute Gasteiger partial charge is 0.140 e. The van der Waals surface area contributed by atoms with E-state index in [0.29, 0.717) is 15.1 Å². The van der Waals surface area contributed by atoms with Crippen molar-refractivity contribution in [3.05, 3.63) is 57.6 Å². The van der Waals surface area contributed by atoms with Crippen LogP contribution in [0.15, 0.2) is 30.3 Å². The third-order valence-corrected chi connectivity index (χ3v) is 3.72. The fourth-order valence-electron chi connectivity index (χ4n) is 2.10. The highest BCUT2D eigenvalue weighted by atomic mass is 35.5. The molecule has 1 heterocycles. The van der Waals surface area contributed by atoms with Crippen molar-refractivity contribution in [3.8, 4) is 16.9 Å². The van der Waals surface area contributed by atoms with Gasteiger partial charge in [-0.2, -0.15) is 0 Å². The summed E-state index contributed by atoms with van der Waals surface area (Å²) in [6.45, 7) is 1.75. The molecule has 1 aliphatic heterocycles. The summed E-state index contributed by atoms with van der Waals surface area (Å²) in [6, 6.07) is 9.14. The Balaban J connectivity index is 2.30. The fourth-order valence-corrected chi connectivity index (χ4v) is 2.94. The molecular formula is C14H8Cl3O. The molecular weight excluding hydrogens is 291 g/mol. The third kappa shape index (κ3) is 1.97. The maximum absolute atomic E-state index is 6.22. The minimum atomic E-state index is 0.586. The predicted octanol–water partition coefficient (Wildman–Crippen LogP) is 5.41. The SMILES string of the molecule is Clc1cc2c(c(-c3c(Cl)cccc3Cl)c1)O[CH]C2. The van der Waals surface area contributed by atoms with Crippen molar-refractivity contribution in [2.75, 3.05) is 0 Å². The molecule has 0 saturated carbocycles. The van der Waals surface area contributed by atoms with Crippen LogP contribution in [-0.2, 0) is 6.42 Å². The molecule has 0 aliphatic carbocycles. The van der Waals surface area contributed by atoms with Crippen molar-refractivity contribution in [2.45, 2.75) is 6.42 Å². The Labute approximate surface area is 120 Å². The molecule has 1 nitrogen and oxygen atoms in total. The molecule has 1 radical (unpaired) electrons. The van der Waals surface area contributed by atoms with Crippen LogP contribution >= 0.6 is 34.8 Å². The molecule has 2 aromatic rings. The second kappa shape index (κ2) is 4.65. The molecule has 0 atom stereocenters. The van der Waals surface area contributed by atoms with Crippen LogP contribution in [0.25, 0.3) is 11.1 Å². The second-order valence-corrected chi connectivity index (χ2v) is 5.28. The third-order valence-electron chi connectivity index (χ3n) is 2.87. The normalized spacial score (nSPS) is 13.3. The summed E-state index contributed by atoms with van der Waals surface area (Å²) in [4.78, 5) is 0. The Bertz CT molecular complexity index is 602. The average molecular weight is 299 g/mol. The van der Waals surface area contributed by atoms with E-state index in [1.165, 1.54) is 0 Å². The van der Waals surface area contributed by atoms with E-state index in [9.17, 15) is 0 Å². The van der Waals surface area contributed by atoms with Gasteiger partial charge in [0.2, 0.25) is 0 Å². The topological polar surface area (TPSA) is 9.23 Å². The molecule has 18 heavy (non-hydrogen) atoms. The first-order chi connectivity index (χ1) is 8.66. The Morgan fingerprint density at radius 3 is 2.44 bits per heavy atom. The largest absolute Gasteiger partial charge is 0.485 e. The highest BCUT2D eigenvalue weighted by molar-refractivity contribution is 6.39. The van der Waals surface area contributed by atoms with Gasteiger partial charge < -0.3 is 4.74 Å². The highest BCUT2D eigenvalue weighted by Crippen LogP contribution is 2.45. The molecule has 0 aromatic heterocycles. The molecule has 0 bridgehead atoms. The van der Waals surface area contributed by atoms with Crippen LogP contribution in [0.5, 0.6) is 5.75 Å². The first-order valence-corrected chi connectivity index (χ1v) is 6.55. The van der Waals surface area contributed by atoms with Gasteiger partial charge in [0.1, 0.15) is 12.4 Å². The van der Waals surface area contributed by atoms with Crippen LogP contribution in [-0.4, -0.2) is 0 Å². The van der Waals surface area contributed by atoms with Crippen molar-refractivity contribution in [1.82, 2.24) is 0 Å². The van der Waals surface area contributed by atoms with Gasteiger partial charge >= 0.3 is 0 Å². The van der Waals surface area contributed by atoms with E-state index in [1.54, 1.807) is 18.7 Å². The number of ether oxygens (including phenoxy) is 1. The van der Waals surface area contributed by atoms with Gasteiger partial charge in [0.15, 0.2) is 0 Å². The van der Waals surface area contributed by atoms with E-state index >= 15 is 0 Å². The lowest BCUT2D eigenvalue weighted by Gasteiger charge is -2.12. The zero-order valence-corrected chi connectivity index (χ0v) is 11.5. The van der Waals surface area contributed by atoms with E-state index in [4.69, 9.17) is 39.5 Å². The van der Waals surface area contributed by atoms with Crippen molar-refractivity contribution < 1.29 is 4.74 Å². The first kappa shape index (κ1) is 12.2. The zero-order valence-electron chi connectivity index (χ0n) is 9.21. The monoisotopic (exact) mass is 297 g/mol. The lowest BCUT2D eigenvalue weighted by atomic mass is 10.0. The lowest BCUT2D eigenvalue weighted by Crippen LogP contribution is -1.88. The van der Waals surface area contributed by atoms with Gasteiger partial charge in [-0.3, -0.25) is 0 Å². The Morgan fingerprint density at radius 1 is 1.00 bits per heavy atom. The van der Waals surface area contributed by atoms with Crippen LogP contribution in [0.2, 0.25) is 15.1 Å². The summed E-state index contributed by atoms with van der Waals surface area (Å²) in [5.74, 6) is 0.786. The molecule has 0 amide bonds. The lowest BCUT2D eigenvalue weighted by molar-refractivity contribution is 0.436. The number of hydrogen-bond acceptors (Lipinski definition) is 1. The standard InChI is InChI=1S/C14H8Cl3O/c15-9-6-8-4-5-18-14(8)10(7-9)13-11(16)2-1-3-12(13)17/h1-3,5-7H,4H2. The number of hydrogen-bond donors (Lipinski definition) is 0. The number of fused-ring (bicyclic) bond motifs is 1. The summed E-state index contributed by atoms with van der Waals surface area (Å²) in [7, 11) is 0. The van der Waals surface area contributed by atoms with Crippen LogP contribution in [0.1, 0.15) is 5.56 Å². The van der Waals surface area contributed by atoms with Crippen LogP contribution < -0.4 is 4.74 Å². The highest BCUT2D eigenvalue weighted by Gasteiger charge is 2.21. The van der Waals surface area contributed by atoms with Gasteiger partial charge in [0.05, 0.1) is 10.0 Å². The maximum Gasteiger partial charge on any atom is 0.140 e. The zero-order chi connectivity index (χ0) is 12.7. The minimum Gasteiger partial charge on any atom is -0.485 e. The van der Waals surface area contributed by atoms with Gasteiger partial charge in [-0.15, -0.1) is 0 Å². The molecule has 0 spiro atoms. The second-order valence-electron chi connectivity index (χ2n) is 4.03. The van der Waals surface area contributed by atoms with Crippen molar-refractivity contribution in [2.24, 2.45) is 0 Å². The number of halogens is 3. The predicted molar refractivity (Wildman–Crippen MR) is 75.5 cm³/mol. The summed E-state index contributed by atoms with van der Waals surface area (Å²) in [5.41, 5.74) is 2.64. The van der Waals surface area contributed by atoms with Crippen molar-refractivity contribution in [3.63, 3.8) is 0 Å². The molecule has 0 saturated heterocycles.